The molecule has 100 valence electrons. The van der Waals surface area contributed by atoms with Crippen molar-refractivity contribution in [1.29, 1.82) is 0 Å². The molecule has 1 heterocycles. The van der Waals surface area contributed by atoms with Crippen molar-refractivity contribution in [3.63, 3.8) is 0 Å². The molecule has 0 saturated heterocycles. The average molecular weight is 278 g/mol. The zero-order chi connectivity index (χ0) is 13.7. The number of methoxy groups -OCH3 is 1. The van der Waals surface area contributed by atoms with Crippen LogP contribution in [-0.2, 0) is 6.42 Å². The first-order valence-corrected chi connectivity index (χ1v) is 6.62. The molecule has 0 saturated carbocycles. The minimum Gasteiger partial charge on any atom is -0.507 e. The Labute approximate surface area is 114 Å². The number of hydrogen-bond donors (Lipinski definition) is 2. The number of phenolic OH excluding ortho intramolecular Hbond substituents is 1. The highest BCUT2D eigenvalue weighted by Gasteiger charge is 2.11. The Bertz CT molecular complexity index is 555. The van der Waals surface area contributed by atoms with Gasteiger partial charge >= 0.3 is 0 Å². The summed E-state index contributed by atoms with van der Waals surface area (Å²) in [5, 5.41) is 15.3. The summed E-state index contributed by atoms with van der Waals surface area (Å²) in [6.07, 6.45) is 2.41. The van der Waals surface area contributed by atoms with E-state index >= 15 is 0 Å². The lowest BCUT2D eigenvalue weighted by Crippen LogP contribution is -2.25. The van der Waals surface area contributed by atoms with Crippen LogP contribution in [0.3, 0.4) is 0 Å². The van der Waals surface area contributed by atoms with Gasteiger partial charge in [-0.15, -0.1) is 11.3 Å². The summed E-state index contributed by atoms with van der Waals surface area (Å²) in [5.41, 5.74) is 0.236. The quantitative estimate of drug-likeness (QED) is 0.875. The van der Waals surface area contributed by atoms with Gasteiger partial charge in [0.25, 0.3) is 5.91 Å². The third-order valence-corrected chi connectivity index (χ3v) is 3.40. The first kappa shape index (κ1) is 13.4. The zero-order valence-electron chi connectivity index (χ0n) is 10.4. The summed E-state index contributed by atoms with van der Waals surface area (Å²) >= 11 is 1.55. The maximum atomic E-state index is 11.9. The van der Waals surface area contributed by atoms with Gasteiger partial charge in [-0.2, -0.15) is 0 Å². The molecule has 5 nitrogen and oxygen atoms in total. The lowest BCUT2D eigenvalue weighted by Gasteiger charge is -2.07. The Morgan fingerprint density at radius 2 is 2.37 bits per heavy atom. The molecule has 2 rings (SSSR count). The van der Waals surface area contributed by atoms with E-state index in [0.29, 0.717) is 18.7 Å². The topological polar surface area (TPSA) is 71.5 Å². The molecule has 0 aliphatic rings. The third kappa shape index (κ3) is 3.45. The predicted octanol–water partition coefficient (Wildman–Crippen LogP) is 1.83. The second-order valence-corrected chi connectivity index (χ2v) is 4.79. The van der Waals surface area contributed by atoms with Gasteiger partial charge in [-0.05, 0) is 12.1 Å². The zero-order valence-corrected chi connectivity index (χ0v) is 11.2. The molecule has 1 amide bonds. The van der Waals surface area contributed by atoms with E-state index in [0.717, 1.165) is 5.01 Å². The maximum absolute atomic E-state index is 11.9. The number of thiazole rings is 1. The lowest BCUT2D eigenvalue weighted by atomic mass is 10.2. The average Bonchev–Trinajstić information content (AvgIpc) is 2.91. The molecular weight excluding hydrogens is 264 g/mol. The Kier molecular flexibility index (Phi) is 4.35. The van der Waals surface area contributed by atoms with Crippen LogP contribution >= 0.6 is 11.3 Å². The van der Waals surface area contributed by atoms with Crippen molar-refractivity contribution < 1.29 is 14.6 Å². The van der Waals surface area contributed by atoms with Crippen molar-refractivity contribution >= 4 is 17.2 Å². The fraction of sp³-hybridized carbons (Fsp3) is 0.231. The number of aromatic hydroxyl groups is 1. The van der Waals surface area contributed by atoms with Crippen LogP contribution in [0, 0.1) is 0 Å². The van der Waals surface area contributed by atoms with Gasteiger partial charge < -0.3 is 15.2 Å². The molecule has 0 atom stereocenters. The van der Waals surface area contributed by atoms with Crippen LogP contribution in [0.15, 0.2) is 29.8 Å². The van der Waals surface area contributed by atoms with Crippen molar-refractivity contribution in [2.24, 2.45) is 0 Å². The molecule has 0 spiro atoms. The normalized spacial score (nSPS) is 10.2. The van der Waals surface area contributed by atoms with E-state index < -0.39 is 0 Å². The predicted molar refractivity (Wildman–Crippen MR) is 72.8 cm³/mol. The fourth-order valence-corrected chi connectivity index (χ4v) is 2.21. The molecule has 0 radical (unpaired) electrons. The molecule has 2 aromatic rings. The first-order valence-electron chi connectivity index (χ1n) is 5.74. The summed E-state index contributed by atoms with van der Waals surface area (Å²) < 4.78 is 4.96. The molecule has 0 fully saturated rings. The Morgan fingerprint density at radius 3 is 3.00 bits per heavy atom. The minimum atomic E-state index is -0.309. The van der Waals surface area contributed by atoms with Crippen molar-refractivity contribution in [2.45, 2.75) is 6.42 Å². The highest BCUT2D eigenvalue weighted by Crippen LogP contribution is 2.23. The first-order chi connectivity index (χ1) is 9.20. The van der Waals surface area contributed by atoms with Gasteiger partial charge in [-0.25, -0.2) is 4.98 Å². The standard InChI is InChI=1S/C13H14N2O3S/c1-18-9-2-3-10(11(16)8-9)13(17)15-5-4-12-14-6-7-19-12/h2-3,6-8,16H,4-5H2,1H3,(H,15,17). The SMILES string of the molecule is COc1ccc(C(=O)NCCc2nccs2)c(O)c1. The Morgan fingerprint density at radius 1 is 1.53 bits per heavy atom. The number of phenols is 1. The van der Waals surface area contributed by atoms with E-state index in [1.807, 2.05) is 5.38 Å². The van der Waals surface area contributed by atoms with Gasteiger partial charge in [0.05, 0.1) is 17.7 Å². The highest BCUT2D eigenvalue weighted by molar-refractivity contribution is 7.09. The van der Waals surface area contributed by atoms with Crippen LogP contribution < -0.4 is 10.1 Å². The second-order valence-electron chi connectivity index (χ2n) is 3.81. The summed E-state index contributed by atoms with van der Waals surface area (Å²) in [6.45, 7) is 0.484. The molecule has 6 heteroatoms. The van der Waals surface area contributed by atoms with Crippen LogP contribution in [0.4, 0.5) is 0 Å². The number of nitrogens with zero attached hydrogens (tertiary/aromatic N) is 1. The van der Waals surface area contributed by atoms with E-state index in [1.54, 1.807) is 23.6 Å². The lowest BCUT2D eigenvalue weighted by molar-refractivity contribution is 0.0951. The smallest absolute Gasteiger partial charge is 0.255 e. The minimum absolute atomic E-state index is 0.0916. The summed E-state index contributed by atoms with van der Waals surface area (Å²) in [4.78, 5) is 16.0. The van der Waals surface area contributed by atoms with Gasteiger partial charge in [0.1, 0.15) is 11.5 Å². The van der Waals surface area contributed by atoms with Crippen molar-refractivity contribution in [1.82, 2.24) is 10.3 Å². The molecule has 1 aromatic carbocycles. The number of nitrogens with one attached hydrogen (secondary N) is 1. The van der Waals surface area contributed by atoms with Crippen molar-refractivity contribution in [2.75, 3.05) is 13.7 Å². The van der Waals surface area contributed by atoms with Crippen LogP contribution in [-0.4, -0.2) is 29.7 Å². The van der Waals surface area contributed by atoms with E-state index in [4.69, 9.17) is 4.74 Å². The number of hydrogen-bond acceptors (Lipinski definition) is 5. The second kappa shape index (κ2) is 6.19. The number of carbonyl (C=O) groups is 1. The number of ether oxygens (including phenoxy) is 1. The van der Waals surface area contributed by atoms with Crippen molar-refractivity contribution in [3.05, 3.63) is 40.3 Å². The fourth-order valence-electron chi connectivity index (χ4n) is 1.59. The van der Waals surface area contributed by atoms with Crippen LogP contribution in [0.25, 0.3) is 0 Å². The number of rotatable bonds is 5. The van der Waals surface area contributed by atoms with E-state index in [2.05, 4.69) is 10.3 Å². The number of benzene rings is 1. The summed E-state index contributed by atoms with van der Waals surface area (Å²) in [5.74, 6) is 0.111. The van der Waals surface area contributed by atoms with Gasteiger partial charge in [0.15, 0.2) is 0 Å². The van der Waals surface area contributed by atoms with Crippen LogP contribution in [0.2, 0.25) is 0 Å². The van der Waals surface area contributed by atoms with Crippen LogP contribution in [0.5, 0.6) is 11.5 Å². The highest BCUT2D eigenvalue weighted by atomic mass is 32.1. The molecule has 0 aliphatic heterocycles. The third-order valence-electron chi connectivity index (χ3n) is 2.56. The largest absolute Gasteiger partial charge is 0.507 e. The monoisotopic (exact) mass is 278 g/mol. The number of carbonyl (C=O) groups excluding carboxylic acids is 1. The molecule has 0 bridgehead atoms. The van der Waals surface area contributed by atoms with E-state index in [-0.39, 0.29) is 17.2 Å². The molecule has 0 aliphatic carbocycles. The number of amides is 1. The maximum Gasteiger partial charge on any atom is 0.255 e. The number of aromatic nitrogens is 1. The molecular formula is C13H14N2O3S. The van der Waals surface area contributed by atoms with Gasteiger partial charge in [0, 0.05) is 30.6 Å². The molecule has 1 aromatic heterocycles. The Hall–Kier alpha value is -2.08. The molecule has 2 N–H and O–H groups in total. The molecule has 19 heavy (non-hydrogen) atoms. The van der Waals surface area contributed by atoms with E-state index in [9.17, 15) is 9.90 Å². The van der Waals surface area contributed by atoms with E-state index in [1.165, 1.54) is 19.2 Å². The summed E-state index contributed by atoms with van der Waals surface area (Å²) in [6, 6.07) is 4.58. The van der Waals surface area contributed by atoms with Gasteiger partial charge in [0.2, 0.25) is 0 Å². The van der Waals surface area contributed by atoms with Crippen LogP contribution in [0.1, 0.15) is 15.4 Å². The summed E-state index contributed by atoms with van der Waals surface area (Å²) in [7, 11) is 1.50. The van der Waals surface area contributed by atoms with Crippen molar-refractivity contribution in [3.8, 4) is 11.5 Å². The van der Waals surface area contributed by atoms with Gasteiger partial charge in [-0.3, -0.25) is 4.79 Å². The van der Waals surface area contributed by atoms with Gasteiger partial charge in [-0.1, -0.05) is 0 Å². The Balaban J connectivity index is 1.92. The molecule has 0 unspecified atom stereocenters.